The number of rotatable bonds is 4. The minimum atomic E-state index is -0.537. The molecule has 1 N–H and O–H groups in total. The summed E-state index contributed by atoms with van der Waals surface area (Å²) in [5.74, 6) is 0.367. The number of carbonyl (C=O) groups excluding carboxylic acids is 1. The number of hydrogen-bond donors (Lipinski definition) is 1. The van der Waals surface area contributed by atoms with Crippen LogP contribution in [0.1, 0.15) is 45.2 Å². The number of amides is 1. The summed E-state index contributed by atoms with van der Waals surface area (Å²) in [5.41, 5.74) is 2.88. The quantitative estimate of drug-likeness (QED) is 0.519. The number of ether oxygens (including phenoxy) is 1. The van der Waals surface area contributed by atoms with Crippen LogP contribution in [0.5, 0.6) is 0 Å². The Morgan fingerprint density at radius 1 is 1.15 bits per heavy atom. The summed E-state index contributed by atoms with van der Waals surface area (Å²) in [4.78, 5) is 23.5. The zero-order chi connectivity index (χ0) is 23.4. The van der Waals surface area contributed by atoms with Crippen molar-refractivity contribution < 1.29 is 13.9 Å². The van der Waals surface area contributed by atoms with Crippen LogP contribution in [0.25, 0.3) is 11.1 Å². The molecule has 3 aromatic rings. The molecule has 33 heavy (non-hydrogen) atoms. The first-order chi connectivity index (χ1) is 15.8. The number of halogens is 1. The predicted octanol–water partition coefficient (Wildman–Crippen LogP) is 6.14. The fraction of sp³-hybridized carbons (Fsp3) is 0.346. The van der Waals surface area contributed by atoms with E-state index in [0.29, 0.717) is 24.6 Å². The van der Waals surface area contributed by atoms with Gasteiger partial charge in [-0.2, -0.15) is 0 Å². The zero-order valence-corrected chi connectivity index (χ0v) is 19.2. The number of hydrogen-bond acceptors (Lipinski definition) is 5. The lowest BCUT2D eigenvalue weighted by molar-refractivity contribution is 0.0197. The summed E-state index contributed by atoms with van der Waals surface area (Å²) >= 11 is 0. The van der Waals surface area contributed by atoms with Crippen molar-refractivity contribution in [2.45, 2.75) is 45.1 Å². The van der Waals surface area contributed by atoms with Gasteiger partial charge in [0, 0.05) is 48.3 Å². The predicted molar refractivity (Wildman–Crippen MR) is 127 cm³/mol. The van der Waals surface area contributed by atoms with Gasteiger partial charge in [-0.15, -0.1) is 0 Å². The van der Waals surface area contributed by atoms with Gasteiger partial charge in [-0.3, -0.25) is 4.98 Å². The van der Waals surface area contributed by atoms with E-state index in [1.165, 1.54) is 12.1 Å². The maximum Gasteiger partial charge on any atom is 0.410 e. The van der Waals surface area contributed by atoms with Crippen LogP contribution in [-0.2, 0) is 4.74 Å². The van der Waals surface area contributed by atoms with Gasteiger partial charge >= 0.3 is 6.09 Å². The number of pyridine rings is 2. The first-order valence-corrected chi connectivity index (χ1v) is 11.2. The molecule has 4 rings (SSSR count). The average molecular weight is 449 g/mol. The van der Waals surface area contributed by atoms with Gasteiger partial charge in [0.25, 0.3) is 0 Å². The Balaban J connectivity index is 1.64. The molecule has 0 saturated carbocycles. The van der Waals surface area contributed by atoms with E-state index in [2.05, 4.69) is 16.4 Å². The first-order valence-electron chi connectivity index (χ1n) is 11.2. The largest absolute Gasteiger partial charge is 0.444 e. The fourth-order valence-corrected chi connectivity index (χ4v) is 3.95. The number of piperidine rings is 1. The molecule has 1 unspecified atom stereocenters. The standard InChI is InChI=1S/C26H29FN4O2/c1-26(2,3)33-25(32)31-12-6-8-19(17-31)23-13-20(18-7-5-11-28-16-18)14-24(30-23)29-22-10-4-9-21(27)15-22/h4-5,7,9-11,13-16,19H,6,8,12,17H2,1-3H3,(H,29,30). The number of carbonyl (C=O) groups is 1. The summed E-state index contributed by atoms with van der Waals surface area (Å²) in [6.07, 6.45) is 5.03. The van der Waals surface area contributed by atoms with Gasteiger partial charge in [-0.05, 0) is 75.6 Å². The molecule has 7 heteroatoms. The van der Waals surface area contributed by atoms with E-state index in [-0.39, 0.29) is 17.8 Å². The van der Waals surface area contributed by atoms with Crippen LogP contribution in [0, 0.1) is 5.82 Å². The van der Waals surface area contributed by atoms with E-state index in [0.717, 1.165) is 29.7 Å². The van der Waals surface area contributed by atoms with Crippen molar-refractivity contribution in [1.29, 1.82) is 0 Å². The molecular formula is C26H29FN4O2. The SMILES string of the molecule is CC(C)(C)OC(=O)N1CCCC(c2cc(-c3cccnc3)cc(Nc3cccc(F)c3)n2)C1. The van der Waals surface area contributed by atoms with Crippen molar-refractivity contribution >= 4 is 17.6 Å². The van der Waals surface area contributed by atoms with Gasteiger partial charge in [-0.25, -0.2) is 14.2 Å². The monoisotopic (exact) mass is 448 g/mol. The highest BCUT2D eigenvalue weighted by Gasteiger charge is 2.29. The van der Waals surface area contributed by atoms with Gasteiger partial charge in [0.05, 0.1) is 0 Å². The minimum Gasteiger partial charge on any atom is -0.444 e. The number of anilines is 2. The third-order valence-electron chi connectivity index (χ3n) is 5.43. The van der Waals surface area contributed by atoms with Crippen molar-refractivity contribution in [2.75, 3.05) is 18.4 Å². The molecule has 1 aromatic carbocycles. The highest BCUT2D eigenvalue weighted by atomic mass is 19.1. The van der Waals surface area contributed by atoms with E-state index < -0.39 is 5.60 Å². The summed E-state index contributed by atoms with van der Waals surface area (Å²) in [5, 5.41) is 3.22. The summed E-state index contributed by atoms with van der Waals surface area (Å²) in [6, 6.07) is 14.2. The number of nitrogens with zero attached hydrogens (tertiary/aromatic N) is 3. The molecule has 1 amide bonds. The van der Waals surface area contributed by atoms with Crippen LogP contribution in [0.15, 0.2) is 60.9 Å². The molecule has 6 nitrogen and oxygen atoms in total. The highest BCUT2D eigenvalue weighted by molar-refractivity contribution is 5.70. The summed E-state index contributed by atoms with van der Waals surface area (Å²) in [6.45, 7) is 6.82. The Bertz CT molecular complexity index is 1110. The van der Waals surface area contributed by atoms with Gasteiger partial charge in [0.2, 0.25) is 0 Å². The van der Waals surface area contributed by atoms with Gasteiger partial charge < -0.3 is 15.0 Å². The van der Waals surface area contributed by atoms with Crippen molar-refractivity contribution in [2.24, 2.45) is 0 Å². The third kappa shape index (κ3) is 6.06. The average Bonchev–Trinajstić information content (AvgIpc) is 2.78. The zero-order valence-electron chi connectivity index (χ0n) is 19.2. The molecule has 172 valence electrons. The molecule has 0 spiro atoms. The molecule has 0 bridgehead atoms. The first kappa shape index (κ1) is 22.7. The van der Waals surface area contributed by atoms with E-state index >= 15 is 0 Å². The third-order valence-corrected chi connectivity index (χ3v) is 5.43. The number of nitrogens with one attached hydrogen (secondary N) is 1. The highest BCUT2D eigenvalue weighted by Crippen LogP contribution is 2.32. The Kier molecular flexibility index (Phi) is 6.58. The lowest BCUT2D eigenvalue weighted by Gasteiger charge is -2.34. The van der Waals surface area contributed by atoms with Crippen molar-refractivity contribution in [3.05, 3.63) is 72.4 Å². The molecule has 1 aliphatic heterocycles. The normalized spacial score (nSPS) is 16.4. The Morgan fingerprint density at radius 3 is 2.73 bits per heavy atom. The molecule has 0 radical (unpaired) electrons. The Hall–Kier alpha value is -3.48. The second kappa shape index (κ2) is 9.57. The topological polar surface area (TPSA) is 67.3 Å². The molecular weight excluding hydrogens is 419 g/mol. The molecule has 1 fully saturated rings. The number of benzene rings is 1. The number of aromatic nitrogens is 2. The second-order valence-electron chi connectivity index (χ2n) is 9.31. The van der Waals surface area contributed by atoms with Crippen LogP contribution in [0.3, 0.4) is 0 Å². The molecule has 2 aromatic heterocycles. The maximum atomic E-state index is 13.7. The summed E-state index contributed by atoms with van der Waals surface area (Å²) < 4.78 is 19.3. The minimum absolute atomic E-state index is 0.0657. The van der Waals surface area contributed by atoms with Gasteiger partial charge in [-0.1, -0.05) is 12.1 Å². The molecule has 3 heterocycles. The lowest BCUT2D eigenvalue weighted by Crippen LogP contribution is -2.42. The second-order valence-corrected chi connectivity index (χ2v) is 9.31. The van der Waals surface area contributed by atoms with Crippen LogP contribution in [0.2, 0.25) is 0 Å². The fourth-order valence-electron chi connectivity index (χ4n) is 3.95. The molecule has 1 atom stereocenters. The van der Waals surface area contributed by atoms with E-state index in [4.69, 9.17) is 9.72 Å². The molecule has 1 saturated heterocycles. The van der Waals surface area contributed by atoms with Crippen LogP contribution < -0.4 is 5.32 Å². The smallest absolute Gasteiger partial charge is 0.410 e. The Labute approximate surface area is 193 Å². The van der Waals surface area contributed by atoms with E-state index in [9.17, 15) is 9.18 Å². The van der Waals surface area contributed by atoms with Crippen molar-refractivity contribution in [1.82, 2.24) is 14.9 Å². The maximum absolute atomic E-state index is 13.7. The molecule has 0 aliphatic carbocycles. The van der Waals surface area contributed by atoms with E-state index in [1.807, 2.05) is 39.0 Å². The van der Waals surface area contributed by atoms with E-state index in [1.54, 1.807) is 29.4 Å². The van der Waals surface area contributed by atoms with Crippen molar-refractivity contribution in [3.63, 3.8) is 0 Å². The van der Waals surface area contributed by atoms with Crippen molar-refractivity contribution in [3.8, 4) is 11.1 Å². The molecule has 1 aliphatic rings. The summed E-state index contributed by atoms with van der Waals surface area (Å²) in [7, 11) is 0. The Morgan fingerprint density at radius 2 is 2.00 bits per heavy atom. The number of likely N-dealkylation sites (tertiary alicyclic amines) is 1. The van der Waals surface area contributed by atoms with Crippen LogP contribution in [0.4, 0.5) is 20.7 Å². The van der Waals surface area contributed by atoms with Crippen LogP contribution >= 0.6 is 0 Å². The van der Waals surface area contributed by atoms with Crippen LogP contribution in [-0.4, -0.2) is 39.7 Å². The van der Waals surface area contributed by atoms with Gasteiger partial charge in [0.15, 0.2) is 0 Å². The lowest BCUT2D eigenvalue weighted by atomic mass is 9.93. The van der Waals surface area contributed by atoms with Gasteiger partial charge in [0.1, 0.15) is 17.2 Å².